The zero-order valence-corrected chi connectivity index (χ0v) is 14.1. The molecule has 0 aliphatic heterocycles. The number of hydrogen-bond donors (Lipinski definition) is 2. The fourth-order valence-corrected chi connectivity index (χ4v) is 3.16. The summed E-state index contributed by atoms with van der Waals surface area (Å²) in [5, 5.41) is 17.6. The molecule has 22 heavy (non-hydrogen) atoms. The molecule has 0 rings (SSSR count). The Hall–Kier alpha value is 1.47. The van der Waals surface area contributed by atoms with Crippen LogP contribution in [0.15, 0.2) is 0 Å². The summed E-state index contributed by atoms with van der Waals surface area (Å²) in [5.41, 5.74) is 0. The van der Waals surface area contributed by atoms with Gasteiger partial charge in [-0.2, -0.15) is 8.42 Å². The van der Waals surface area contributed by atoms with Gasteiger partial charge in [-0.1, -0.05) is 64.7 Å². The predicted molar refractivity (Wildman–Crippen MR) is 91.8 cm³/mol. The Morgan fingerprint density at radius 2 is 1.36 bits per heavy atom. The van der Waals surface area contributed by atoms with E-state index in [4.69, 9.17) is 14.4 Å². The van der Waals surface area contributed by atoms with Gasteiger partial charge in [0.2, 0.25) is 0 Å². The van der Waals surface area contributed by atoms with E-state index in [9.17, 15) is 8.42 Å². The first-order valence-corrected chi connectivity index (χ1v) is 9.75. The number of hydrogen-bond acceptors (Lipinski definition) is 5. The number of unbranched alkanes of at least 4 members (excludes halogenated alkanes) is 9. The van der Waals surface area contributed by atoms with Gasteiger partial charge in [0.15, 0.2) is 0 Å². The Kier molecular flexibility index (Phi) is 20.2. The van der Waals surface area contributed by atoms with Crippen molar-refractivity contribution in [2.24, 2.45) is 0 Å². The second-order valence-corrected chi connectivity index (χ2v) is 7.25. The minimum atomic E-state index is -3.71. The summed E-state index contributed by atoms with van der Waals surface area (Å²) in [6.45, 7) is 1.81. The first kappa shape index (κ1) is 25.7. The van der Waals surface area contributed by atoms with E-state index in [2.05, 4.69) is 6.92 Å². The van der Waals surface area contributed by atoms with Crippen LogP contribution in [0.5, 0.6) is 0 Å². The maximum atomic E-state index is 11.4. The molecule has 1 unspecified atom stereocenters. The van der Waals surface area contributed by atoms with Gasteiger partial charge in [-0.3, -0.25) is 4.18 Å². The topological polar surface area (TPSA) is 83.8 Å². The summed E-state index contributed by atoms with van der Waals surface area (Å²) >= 11 is 0. The van der Waals surface area contributed by atoms with Crippen molar-refractivity contribution in [3.05, 3.63) is 0 Å². The number of rotatable bonds is 15. The summed E-state index contributed by atoms with van der Waals surface area (Å²) in [6, 6.07) is 0. The predicted octanol–water partition coefficient (Wildman–Crippen LogP) is 1.96. The van der Waals surface area contributed by atoms with Crippen LogP contribution in [0.2, 0.25) is 0 Å². The van der Waals surface area contributed by atoms with Crippen LogP contribution in [-0.4, -0.2) is 95.1 Å². The van der Waals surface area contributed by atoms with Gasteiger partial charge in [-0.05, 0) is 6.42 Å². The molecule has 0 saturated carbocycles. The van der Waals surface area contributed by atoms with Gasteiger partial charge in [-0.15, -0.1) is 0 Å². The van der Waals surface area contributed by atoms with Gasteiger partial charge in [0.25, 0.3) is 10.1 Å². The fraction of sp³-hybridized carbons (Fsp3) is 1.00. The molecule has 0 fully saturated rings. The molecule has 0 aliphatic rings. The zero-order chi connectivity index (χ0) is 16.0. The number of aliphatic hydroxyl groups excluding tert-OH is 2. The Bertz CT molecular complexity index is 322. The third-order valence-electron chi connectivity index (χ3n) is 3.37. The van der Waals surface area contributed by atoms with Crippen molar-refractivity contribution in [1.29, 1.82) is 0 Å². The third kappa shape index (κ3) is 17.8. The molecule has 5 nitrogen and oxygen atoms in total. The van der Waals surface area contributed by atoms with Gasteiger partial charge < -0.3 is 10.2 Å². The molecule has 0 aromatic carbocycles. The average molecular weight is 365 g/mol. The second kappa shape index (κ2) is 17.3. The molecule has 7 heteroatoms. The molecule has 0 radical (unpaired) electrons. The first-order chi connectivity index (χ1) is 10.0. The quantitative estimate of drug-likeness (QED) is 0.264. The van der Waals surface area contributed by atoms with Crippen molar-refractivity contribution in [3.63, 3.8) is 0 Å². The van der Waals surface area contributed by atoms with E-state index in [-0.39, 0.29) is 58.0 Å². The van der Waals surface area contributed by atoms with Gasteiger partial charge >= 0.3 is 51.4 Å². The molecule has 1 atom stereocenters. The first-order valence-electron chi connectivity index (χ1n) is 8.18. The standard InChI is InChI=1S/C15H32O5S.K.H/c1-2-3-4-5-6-7-8-9-10-11-12-20-21(18,19)14-15(17)13-16;;/h15-17H,2-14H2,1H3;;. The van der Waals surface area contributed by atoms with Gasteiger partial charge in [0.1, 0.15) is 5.75 Å². The SMILES string of the molecule is CCCCCCCCCCCCOS(=O)(=O)CC(O)CO.[KH]. The van der Waals surface area contributed by atoms with E-state index in [1.165, 1.54) is 44.9 Å². The molecular weight excluding hydrogens is 331 g/mol. The van der Waals surface area contributed by atoms with Crippen molar-refractivity contribution in [2.75, 3.05) is 19.0 Å². The summed E-state index contributed by atoms with van der Waals surface area (Å²) in [4.78, 5) is 0. The molecule has 0 aliphatic carbocycles. The normalized spacial score (nSPS) is 12.9. The molecule has 0 heterocycles. The monoisotopic (exact) mass is 364 g/mol. The summed E-state index contributed by atoms with van der Waals surface area (Å²) in [6.07, 6.45) is 10.5. The van der Waals surface area contributed by atoms with Crippen molar-refractivity contribution in [1.82, 2.24) is 0 Å². The minimum absolute atomic E-state index is 0. The molecule has 130 valence electrons. The molecule has 0 aromatic rings. The van der Waals surface area contributed by atoms with E-state index in [1.54, 1.807) is 0 Å². The maximum absolute atomic E-state index is 11.4. The van der Waals surface area contributed by atoms with Crippen molar-refractivity contribution < 1.29 is 22.8 Å². The molecule has 0 spiro atoms. The number of aliphatic hydroxyl groups is 2. The van der Waals surface area contributed by atoms with Gasteiger partial charge in [-0.25, -0.2) is 0 Å². The Morgan fingerprint density at radius 3 is 1.82 bits per heavy atom. The second-order valence-electron chi connectivity index (χ2n) is 5.56. The Labute approximate surface area is 178 Å². The molecule has 2 N–H and O–H groups in total. The van der Waals surface area contributed by atoms with Crippen LogP contribution in [0, 0.1) is 0 Å². The van der Waals surface area contributed by atoms with Crippen LogP contribution in [0.3, 0.4) is 0 Å². The Balaban J connectivity index is 0. The summed E-state index contributed by atoms with van der Waals surface area (Å²) in [5.74, 6) is -0.540. The Morgan fingerprint density at radius 1 is 0.909 bits per heavy atom. The van der Waals surface area contributed by atoms with Crippen molar-refractivity contribution in [2.45, 2.75) is 77.2 Å². The summed E-state index contributed by atoms with van der Waals surface area (Å²) < 4.78 is 27.5. The van der Waals surface area contributed by atoms with Crippen LogP contribution in [0.25, 0.3) is 0 Å². The molecule has 0 amide bonds. The van der Waals surface area contributed by atoms with Crippen LogP contribution in [0.4, 0.5) is 0 Å². The zero-order valence-electron chi connectivity index (χ0n) is 13.3. The molecule has 0 bridgehead atoms. The average Bonchev–Trinajstić information content (AvgIpc) is 2.44. The van der Waals surface area contributed by atoms with E-state index < -0.39 is 28.6 Å². The van der Waals surface area contributed by atoms with Gasteiger partial charge in [0.05, 0.1) is 19.3 Å². The summed E-state index contributed by atoms with van der Waals surface area (Å²) in [7, 11) is -3.71. The van der Waals surface area contributed by atoms with E-state index in [0.717, 1.165) is 12.8 Å². The van der Waals surface area contributed by atoms with Crippen LogP contribution >= 0.6 is 0 Å². The van der Waals surface area contributed by atoms with Crippen molar-refractivity contribution >= 4 is 61.5 Å². The molecule has 0 aromatic heterocycles. The van der Waals surface area contributed by atoms with E-state index >= 15 is 0 Å². The van der Waals surface area contributed by atoms with E-state index in [0.29, 0.717) is 6.42 Å². The fourth-order valence-electron chi connectivity index (χ4n) is 2.11. The van der Waals surface area contributed by atoms with Crippen LogP contribution in [-0.2, 0) is 14.3 Å². The van der Waals surface area contributed by atoms with Crippen molar-refractivity contribution in [3.8, 4) is 0 Å². The van der Waals surface area contributed by atoms with Crippen LogP contribution in [0.1, 0.15) is 71.1 Å². The molecule has 0 saturated heterocycles. The van der Waals surface area contributed by atoms with Crippen LogP contribution < -0.4 is 0 Å². The molecular formula is C15H33KO5S. The van der Waals surface area contributed by atoms with Gasteiger partial charge in [0, 0.05) is 0 Å². The third-order valence-corrected chi connectivity index (χ3v) is 4.69. The van der Waals surface area contributed by atoms with E-state index in [1.807, 2.05) is 0 Å².